The second-order valence-corrected chi connectivity index (χ2v) is 4.54. The molecule has 0 radical (unpaired) electrons. The SMILES string of the molecule is CC[C@@H](Sc1nc2ncnc(N)c2[nH]1)C(=O)O. The fourth-order valence-electron chi connectivity index (χ4n) is 1.32. The minimum atomic E-state index is -0.864. The van der Waals surface area contributed by atoms with Crippen LogP contribution in [-0.2, 0) is 4.79 Å². The molecule has 2 rings (SSSR count). The number of nitrogens with two attached hydrogens (primary N) is 1. The highest BCUT2D eigenvalue weighted by Gasteiger charge is 2.19. The van der Waals surface area contributed by atoms with Crippen LogP contribution >= 0.6 is 11.8 Å². The lowest BCUT2D eigenvalue weighted by Crippen LogP contribution is -2.14. The molecule has 1 atom stereocenters. The molecule has 90 valence electrons. The Morgan fingerprint density at radius 2 is 2.41 bits per heavy atom. The molecule has 17 heavy (non-hydrogen) atoms. The number of H-pyrrole nitrogens is 1. The van der Waals surface area contributed by atoms with Crippen molar-refractivity contribution < 1.29 is 9.90 Å². The Morgan fingerprint density at radius 1 is 1.65 bits per heavy atom. The molecule has 2 aromatic heterocycles. The van der Waals surface area contributed by atoms with Gasteiger partial charge in [0.1, 0.15) is 17.1 Å². The summed E-state index contributed by atoms with van der Waals surface area (Å²) < 4.78 is 0. The van der Waals surface area contributed by atoms with Crippen molar-refractivity contribution in [1.82, 2.24) is 19.9 Å². The van der Waals surface area contributed by atoms with Crippen LogP contribution in [0.15, 0.2) is 11.5 Å². The van der Waals surface area contributed by atoms with E-state index < -0.39 is 11.2 Å². The van der Waals surface area contributed by atoms with Crippen LogP contribution in [0.2, 0.25) is 0 Å². The highest BCUT2D eigenvalue weighted by molar-refractivity contribution is 8.00. The fourth-order valence-corrected chi connectivity index (χ4v) is 2.16. The molecule has 0 spiro atoms. The number of carboxylic acid groups (broad SMARTS) is 1. The molecule has 2 aromatic rings. The normalized spacial score (nSPS) is 12.8. The first-order chi connectivity index (χ1) is 8.11. The number of aromatic nitrogens is 4. The van der Waals surface area contributed by atoms with Gasteiger partial charge in [-0.3, -0.25) is 4.79 Å². The van der Waals surface area contributed by atoms with Crippen LogP contribution in [0.1, 0.15) is 13.3 Å². The predicted molar refractivity (Wildman–Crippen MR) is 63.7 cm³/mol. The zero-order valence-corrected chi connectivity index (χ0v) is 9.86. The van der Waals surface area contributed by atoms with Crippen molar-refractivity contribution in [1.29, 1.82) is 0 Å². The van der Waals surface area contributed by atoms with Crippen molar-refractivity contribution >= 4 is 34.7 Å². The molecular weight excluding hydrogens is 242 g/mol. The van der Waals surface area contributed by atoms with Crippen molar-refractivity contribution in [2.45, 2.75) is 23.8 Å². The topological polar surface area (TPSA) is 118 Å². The number of rotatable bonds is 4. The Kier molecular flexibility index (Phi) is 3.14. The number of nitrogen functional groups attached to an aromatic ring is 1. The number of carbonyl (C=O) groups is 1. The van der Waals surface area contributed by atoms with Gasteiger partial charge in [-0.05, 0) is 6.42 Å². The lowest BCUT2D eigenvalue weighted by atomic mass is 10.3. The van der Waals surface area contributed by atoms with Crippen molar-refractivity contribution in [2.24, 2.45) is 0 Å². The van der Waals surface area contributed by atoms with Gasteiger partial charge in [0.2, 0.25) is 0 Å². The number of hydrogen-bond acceptors (Lipinski definition) is 6. The van der Waals surface area contributed by atoms with E-state index in [1.165, 1.54) is 6.33 Å². The number of nitrogens with zero attached hydrogens (tertiary/aromatic N) is 3. The Bertz CT molecular complexity index is 555. The minimum Gasteiger partial charge on any atom is -0.480 e. The van der Waals surface area contributed by atoms with Crippen LogP contribution < -0.4 is 5.73 Å². The van der Waals surface area contributed by atoms with Crippen molar-refractivity contribution in [2.75, 3.05) is 5.73 Å². The molecule has 0 aliphatic rings. The molecule has 0 bridgehead atoms. The summed E-state index contributed by atoms with van der Waals surface area (Å²) in [5.41, 5.74) is 6.63. The highest BCUT2D eigenvalue weighted by Crippen LogP contribution is 2.25. The maximum Gasteiger partial charge on any atom is 0.317 e. The van der Waals surface area contributed by atoms with Crippen molar-refractivity contribution in [3.8, 4) is 0 Å². The first kappa shape index (κ1) is 11.6. The fraction of sp³-hybridized carbons (Fsp3) is 0.333. The van der Waals surface area contributed by atoms with Crippen LogP contribution in [0.5, 0.6) is 0 Å². The van der Waals surface area contributed by atoms with Gasteiger partial charge in [-0.2, -0.15) is 0 Å². The lowest BCUT2D eigenvalue weighted by Gasteiger charge is -2.05. The molecule has 0 fully saturated rings. The largest absolute Gasteiger partial charge is 0.480 e. The maximum absolute atomic E-state index is 10.9. The number of nitrogens with one attached hydrogen (secondary N) is 1. The molecule has 0 aliphatic carbocycles. The average molecular weight is 253 g/mol. The number of hydrogen-bond donors (Lipinski definition) is 3. The number of imidazole rings is 1. The van der Waals surface area contributed by atoms with E-state index in [0.29, 0.717) is 28.6 Å². The summed E-state index contributed by atoms with van der Waals surface area (Å²) in [7, 11) is 0. The van der Waals surface area contributed by atoms with Gasteiger partial charge in [0.25, 0.3) is 0 Å². The summed E-state index contributed by atoms with van der Waals surface area (Å²) >= 11 is 1.14. The zero-order valence-electron chi connectivity index (χ0n) is 9.04. The maximum atomic E-state index is 10.9. The predicted octanol–water partition coefficient (Wildman–Crippen LogP) is 0.890. The molecule has 0 saturated heterocycles. The van der Waals surface area contributed by atoms with Gasteiger partial charge in [0, 0.05) is 0 Å². The molecule has 8 heteroatoms. The van der Waals surface area contributed by atoms with Crippen molar-refractivity contribution in [3.63, 3.8) is 0 Å². The number of carboxylic acids is 1. The van der Waals surface area contributed by atoms with E-state index >= 15 is 0 Å². The minimum absolute atomic E-state index is 0.303. The van der Waals surface area contributed by atoms with E-state index in [4.69, 9.17) is 10.8 Å². The smallest absolute Gasteiger partial charge is 0.317 e. The quantitative estimate of drug-likeness (QED) is 0.692. The van der Waals surface area contributed by atoms with Crippen LogP contribution in [0.25, 0.3) is 11.2 Å². The van der Waals surface area contributed by atoms with E-state index in [9.17, 15) is 4.79 Å². The highest BCUT2D eigenvalue weighted by atomic mass is 32.2. The van der Waals surface area contributed by atoms with Gasteiger partial charge in [-0.15, -0.1) is 0 Å². The van der Waals surface area contributed by atoms with Gasteiger partial charge < -0.3 is 15.8 Å². The molecule has 4 N–H and O–H groups in total. The third-order valence-corrected chi connectivity index (χ3v) is 3.43. The van der Waals surface area contributed by atoms with Gasteiger partial charge >= 0.3 is 5.97 Å². The monoisotopic (exact) mass is 253 g/mol. The van der Waals surface area contributed by atoms with E-state index in [-0.39, 0.29) is 0 Å². The van der Waals surface area contributed by atoms with E-state index in [0.717, 1.165) is 11.8 Å². The standard InChI is InChI=1S/C9H11N5O2S/c1-2-4(8(15)16)17-9-13-5-6(10)11-3-12-7(5)14-9/h3-4H,2H2,1H3,(H,15,16)(H3,10,11,12,13,14)/t4-/m1/s1. The van der Waals surface area contributed by atoms with Crippen molar-refractivity contribution in [3.05, 3.63) is 6.33 Å². The summed E-state index contributed by atoms with van der Waals surface area (Å²) in [6, 6.07) is 0. The number of anilines is 1. The van der Waals surface area contributed by atoms with E-state index in [1.54, 1.807) is 0 Å². The summed E-state index contributed by atoms with van der Waals surface area (Å²) in [5, 5.41) is 8.90. The first-order valence-corrected chi connectivity index (χ1v) is 5.85. The molecule has 0 saturated carbocycles. The second kappa shape index (κ2) is 4.58. The molecular formula is C9H11N5O2S. The molecule has 0 aliphatic heterocycles. The summed E-state index contributed by atoms with van der Waals surface area (Å²) in [6.45, 7) is 1.81. The molecule has 2 heterocycles. The summed E-state index contributed by atoms with van der Waals surface area (Å²) in [5.74, 6) is -0.560. The van der Waals surface area contributed by atoms with Crippen LogP contribution in [0.4, 0.5) is 5.82 Å². The third kappa shape index (κ3) is 2.31. The van der Waals surface area contributed by atoms with Crippen LogP contribution in [0, 0.1) is 0 Å². The van der Waals surface area contributed by atoms with E-state index in [1.807, 2.05) is 6.92 Å². The third-order valence-electron chi connectivity index (χ3n) is 2.20. The Hall–Kier alpha value is -1.83. The Balaban J connectivity index is 2.31. The van der Waals surface area contributed by atoms with Gasteiger partial charge in [0.05, 0.1) is 0 Å². The number of aromatic amines is 1. The van der Waals surface area contributed by atoms with Gasteiger partial charge in [-0.25, -0.2) is 15.0 Å². The molecule has 0 aromatic carbocycles. The molecule has 0 amide bonds. The molecule has 0 unspecified atom stereocenters. The Morgan fingerprint density at radius 3 is 3.00 bits per heavy atom. The van der Waals surface area contributed by atoms with Gasteiger partial charge in [-0.1, -0.05) is 18.7 Å². The zero-order chi connectivity index (χ0) is 12.4. The van der Waals surface area contributed by atoms with Crippen LogP contribution in [0.3, 0.4) is 0 Å². The first-order valence-electron chi connectivity index (χ1n) is 4.97. The number of thioether (sulfide) groups is 1. The van der Waals surface area contributed by atoms with Crippen LogP contribution in [-0.4, -0.2) is 36.3 Å². The Labute approximate surface area is 101 Å². The number of aliphatic carboxylic acids is 1. The summed E-state index contributed by atoms with van der Waals surface area (Å²) in [4.78, 5) is 25.8. The number of fused-ring (bicyclic) bond motifs is 1. The van der Waals surface area contributed by atoms with Gasteiger partial charge in [0.15, 0.2) is 16.6 Å². The van der Waals surface area contributed by atoms with E-state index in [2.05, 4.69) is 19.9 Å². The second-order valence-electron chi connectivity index (χ2n) is 3.35. The average Bonchev–Trinajstić information content (AvgIpc) is 2.69. The lowest BCUT2D eigenvalue weighted by molar-refractivity contribution is -0.136. The summed E-state index contributed by atoms with van der Waals surface area (Å²) in [6.07, 6.45) is 1.83. The molecule has 7 nitrogen and oxygen atoms in total.